The van der Waals surface area contributed by atoms with Gasteiger partial charge in [-0.05, 0) is 44.2 Å². The Morgan fingerprint density at radius 3 is 2.36 bits per heavy atom. The molecule has 112 valence electrons. The maximum Gasteiger partial charge on any atom is 0.196 e. The number of carbonyl (C=O) groups excluding carboxylic acids is 2. The van der Waals surface area contributed by atoms with Gasteiger partial charge in [-0.3, -0.25) is 9.59 Å². The first-order valence-corrected chi connectivity index (χ1v) is 8.05. The third kappa shape index (κ3) is 2.36. The van der Waals surface area contributed by atoms with Gasteiger partial charge >= 0.3 is 0 Å². The van der Waals surface area contributed by atoms with Crippen molar-refractivity contribution in [3.8, 4) is 0 Å². The molecule has 0 spiro atoms. The Labute approximate surface area is 141 Å². The van der Waals surface area contributed by atoms with Crippen LogP contribution in [0.5, 0.6) is 0 Å². The first kappa shape index (κ1) is 15.3. The van der Waals surface area contributed by atoms with Gasteiger partial charge in [0, 0.05) is 37.9 Å². The molecule has 0 heterocycles. The van der Waals surface area contributed by atoms with Gasteiger partial charge in [-0.15, -0.1) is 0 Å². The van der Waals surface area contributed by atoms with Crippen molar-refractivity contribution in [1.82, 2.24) is 0 Å². The largest absolute Gasteiger partial charge is 0.382 e. The van der Waals surface area contributed by atoms with Crippen molar-refractivity contribution in [3.05, 3.63) is 62.1 Å². The number of halogens is 2. The Morgan fingerprint density at radius 1 is 1.00 bits per heavy atom. The summed E-state index contributed by atoms with van der Waals surface area (Å²) in [6, 6.07) is 8.54. The fourth-order valence-corrected chi connectivity index (χ4v) is 3.32. The van der Waals surface area contributed by atoms with E-state index >= 15 is 0 Å². The monoisotopic (exact) mass is 377 g/mol. The highest BCUT2D eigenvalue weighted by molar-refractivity contribution is 9.10. The Kier molecular flexibility index (Phi) is 3.83. The number of benzene rings is 2. The summed E-state index contributed by atoms with van der Waals surface area (Å²) in [5.74, 6) is -0.350. The molecule has 0 unspecified atom stereocenters. The summed E-state index contributed by atoms with van der Waals surface area (Å²) >= 11 is 9.36. The predicted molar refractivity (Wildman–Crippen MR) is 91.2 cm³/mol. The van der Waals surface area contributed by atoms with E-state index in [1.165, 1.54) is 0 Å². The van der Waals surface area contributed by atoms with E-state index in [1.54, 1.807) is 24.3 Å². The lowest BCUT2D eigenvalue weighted by molar-refractivity contribution is 0.0979. The molecule has 0 saturated heterocycles. The lowest BCUT2D eigenvalue weighted by Gasteiger charge is -2.23. The molecule has 0 fully saturated rings. The molecule has 22 heavy (non-hydrogen) atoms. The summed E-state index contributed by atoms with van der Waals surface area (Å²) in [6.07, 6.45) is 0. The first-order valence-electron chi connectivity index (χ1n) is 6.88. The number of rotatable bonds is 2. The Hall–Kier alpha value is -1.65. The molecule has 2 aromatic carbocycles. The minimum Gasteiger partial charge on any atom is -0.382 e. The summed E-state index contributed by atoms with van der Waals surface area (Å²) in [4.78, 5) is 25.7. The van der Waals surface area contributed by atoms with E-state index in [0.717, 1.165) is 0 Å². The molecule has 1 N–H and O–H groups in total. The van der Waals surface area contributed by atoms with E-state index in [1.807, 2.05) is 19.9 Å². The minimum absolute atomic E-state index is 0.153. The summed E-state index contributed by atoms with van der Waals surface area (Å²) in [5, 5.41) is 3.67. The fraction of sp³-hybridized carbons (Fsp3) is 0.176. The molecule has 5 heteroatoms. The van der Waals surface area contributed by atoms with Crippen molar-refractivity contribution in [3.63, 3.8) is 0 Å². The highest BCUT2D eigenvalue weighted by Gasteiger charge is 2.33. The third-order valence-electron chi connectivity index (χ3n) is 3.52. The standard InChI is InChI=1S/C17H13BrClNO2/c1-8(2)20-13-6-5-12(18)14-15(13)16(21)10-4-3-9(19)7-11(10)17(14)22/h3-8,20H,1-2H3. The van der Waals surface area contributed by atoms with Crippen LogP contribution >= 0.6 is 27.5 Å². The van der Waals surface area contributed by atoms with Gasteiger partial charge in [0.25, 0.3) is 0 Å². The van der Waals surface area contributed by atoms with Gasteiger partial charge in [0.05, 0.1) is 5.56 Å². The predicted octanol–water partition coefficient (Wildman–Crippen LogP) is 4.70. The van der Waals surface area contributed by atoms with Gasteiger partial charge < -0.3 is 5.32 Å². The summed E-state index contributed by atoms with van der Waals surface area (Å²) in [5.41, 5.74) is 2.24. The molecule has 1 aliphatic carbocycles. The van der Waals surface area contributed by atoms with E-state index < -0.39 is 0 Å². The molecule has 0 aliphatic heterocycles. The van der Waals surface area contributed by atoms with E-state index in [-0.39, 0.29) is 17.6 Å². The molecular weight excluding hydrogens is 366 g/mol. The van der Waals surface area contributed by atoms with Crippen molar-refractivity contribution >= 4 is 44.8 Å². The number of carbonyl (C=O) groups is 2. The van der Waals surface area contributed by atoms with Crippen LogP contribution in [0.15, 0.2) is 34.8 Å². The maximum atomic E-state index is 12.9. The van der Waals surface area contributed by atoms with Gasteiger partial charge in [0.1, 0.15) is 0 Å². The van der Waals surface area contributed by atoms with Crippen LogP contribution in [0.1, 0.15) is 45.7 Å². The lowest BCUT2D eigenvalue weighted by Crippen LogP contribution is -2.24. The number of hydrogen-bond donors (Lipinski definition) is 1. The number of ketones is 2. The van der Waals surface area contributed by atoms with Gasteiger partial charge in [-0.1, -0.05) is 27.5 Å². The second-order valence-electron chi connectivity index (χ2n) is 5.49. The third-order valence-corrected chi connectivity index (χ3v) is 4.42. The molecule has 0 atom stereocenters. The Morgan fingerprint density at radius 2 is 1.68 bits per heavy atom. The quantitative estimate of drug-likeness (QED) is 0.703. The highest BCUT2D eigenvalue weighted by Crippen LogP contribution is 2.37. The van der Waals surface area contributed by atoms with E-state index in [9.17, 15) is 9.59 Å². The van der Waals surface area contributed by atoms with Gasteiger partial charge in [0.2, 0.25) is 0 Å². The van der Waals surface area contributed by atoms with Crippen LogP contribution in [-0.4, -0.2) is 17.6 Å². The highest BCUT2D eigenvalue weighted by atomic mass is 79.9. The molecule has 0 radical (unpaired) electrons. The molecule has 0 bridgehead atoms. The van der Waals surface area contributed by atoms with Crippen molar-refractivity contribution in [2.45, 2.75) is 19.9 Å². The van der Waals surface area contributed by atoms with Crippen molar-refractivity contribution in [1.29, 1.82) is 0 Å². The molecule has 0 amide bonds. The van der Waals surface area contributed by atoms with Gasteiger partial charge in [-0.2, -0.15) is 0 Å². The van der Waals surface area contributed by atoms with Crippen LogP contribution in [0.3, 0.4) is 0 Å². The Bertz CT molecular complexity index is 815. The number of nitrogens with one attached hydrogen (secondary N) is 1. The molecule has 3 nitrogen and oxygen atoms in total. The zero-order chi connectivity index (χ0) is 16.0. The lowest BCUT2D eigenvalue weighted by atomic mass is 9.83. The maximum absolute atomic E-state index is 12.9. The average molecular weight is 379 g/mol. The zero-order valence-corrected chi connectivity index (χ0v) is 14.4. The fourth-order valence-electron chi connectivity index (χ4n) is 2.64. The SMILES string of the molecule is CC(C)Nc1ccc(Br)c2c1C(=O)c1ccc(Cl)cc1C2=O. The normalized spacial score (nSPS) is 13.1. The molecule has 3 rings (SSSR count). The molecule has 0 aromatic heterocycles. The molecule has 1 aliphatic rings. The molecular formula is C17H13BrClNO2. The van der Waals surface area contributed by atoms with Crippen molar-refractivity contribution in [2.24, 2.45) is 0 Å². The van der Waals surface area contributed by atoms with Crippen LogP contribution in [0.4, 0.5) is 5.69 Å². The van der Waals surface area contributed by atoms with Crippen LogP contribution in [-0.2, 0) is 0 Å². The minimum atomic E-state index is -0.189. The van der Waals surface area contributed by atoms with E-state index in [4.69, 9.17) is 11.6 Å². The van der Waals surface area contributed by atoms with Crippen LogP contribution < -0.4 is 5.32 Å². The average Bonchev–Trinajstić information content (AvgIpc) is 2.46. The molecule has 2 aromatic rings. The van der Waals surface area contributed by atoms with E-state index in [2.05, 4.69) is 21.2 Å². The van der Waals surface area contributed by atoms with Crippen molar-refractivity contribution in [2.75, 3.05) is 5.32 Å². The summed E-state index contributed by atoms with van der Waals surface area (Å²) in [6.45, 7) is 3.97. The van der Waals surface area contributed by atoms with Gasteiger partial charge in [-0.25, -0.2) is 0 Å². The van der Waals surface area contributed by atoms with Crippen LogP contribution in [0.25, 0.3) is 0 Å². The number of fused-ring (bicyclic) bond motifs is 2. The second kappa shape index (κ2) is 5.52. The molecule has 0 saturated carbocycles. The van der Waals surface area contributed by atoms with Crippen LogP contribution in [0, 0.1) is 0 Å². The topological polar surface area (TPSA) is 46.2 Å². The van der Waals surface area contributed by atoms with Crippen LogP contribution in [0.2, 0.25) is 5.02 Å². The second-order valence-corrected chi connectivity index (χ2v) is 6.78. The van der Waals surface area contributed by atoms with E-state index in [0.29, 0.717) is 37.4 Å². The van der Waals surface area contributed by atoms with Gasteiger partial charge in [0.15, 0.2) is 11.6 Å². The smallest absolute Gasteiger partial charge is 0.196 e. The summed E-state index contributed by atoms with van der Waals surface area (Å²) < 4.78 is 0.612. The Balaban J connectivity index is 2.28. The number of anilines is 1. The number of hydrogen-bond acceptors (Lipinski definition) is 3. The first-order chi connectivity index (χ1) is 10.4. The van der Waals surface area contributed by atoms with Crippen molar-refractivity contribution < 1.29 is 9.59 Å². The zero-order valence-electron chi connectivity index (χ0n) is 12.0. The summed E-state index contributed by atoms with van der Waals surface area (Å²) in [7, 11) is 0.